The number of aliphatic carboxylic acids is 1. The highest BCUT2D eigenvalue weighted by molar-refractivity contribution is 6.00. The van der Waals surface area contributed by atoms with Crippen molar-refractivity contribution in [1.82, 2.24) is 5.32 Å². The van der Waals surface area contributed by atoms with Crippen LogP contribution in [0.3, 0.4) is 0 Å². The van der Waals surface area contributed by atoms with E-state index in [4.69, 9.17) is 9.84 Å². The fraction of sp³-hybridized carbons (Fsp3) is 0.235. The molecule has 0 aliphatic rings. The molecule has 1 amide bonds. The van der Waals surface area contributed by atoms with Crippen molar-refractivity contribution in [3.63, 3.8) is 0 Å². The number of carboxylic acids is 1. The van der Waals surface area contributed by atoms with Gasteiger partial charge in [0.15, 0.2) is 0 Å². The van der Waals surface area contributed by atoms with E-state index in [1.807, 2.05) is 24.3 Å². The second-order valence-electron chi connectivity index (χ2n) is 4.94. The van der Waals surface area contributed by atoms with Gasteiger partial charge in [-0.05, 0) is 29.8 Å². The number of esters is 1. The SMILES string of the molecule is CCOC(=O)C[C@H](NC(=O)c1ccc2ccccc2c1)C(=O)O. The maximum atomic E-state index is 12.2. The van der Waals surface area contributed by atoms with Crippen molar-refractivity contribution in [2.45, 2.75) is 19.4 Å². The first kappa shape index (κ1) is 16.5. The van der Waals surface area contributed by atoms with E-state index in [2.05, 4.69) is 5.32 Å². The highest BCUT2D eigenvalue weighted by atomic mass is 16.5. The number of ether oxygens (including phenoxy) is 1. The summed E-state index contributed by atoms with van der Waals surface area (Å²) < 4.78 is 4.71. The Morgan fingerprint density at radius 1 is 1.13 bits per heavy atom. The predicted molar refractivity (Wildman–Crippen MR) is 84.1 cm³/mol. The van der Waals surface area contributed by atoms with Crippen LogP contribution in [0.15, 0.2) is 42.5 Å². The van der Waals surface area contributed by atoms with Crippen LogP contribution < -0.4 is 5.32 Å². The maximum Gasteiger partial charge on any atom is 0.326 e. The number of benzene rings is 2. The molecule has 0 heterocycles. The summed E-state index contributed by atoms with van der Waals surface area (Å²) in [6, 6.07) is 11.3. The third kappa shape index (κ3) is 4.29. The average molecular weight is 315 g/mol. The van der Waals surface area contributed by atoms with Gasteiger partial charge in [0.1, 0.15) is 6.04 Å². The van der Waals surface area contributed by atoms with Crippen molar-refractivity contribution in [2.24, 2.45) is 0 Å². The van der Waals surface area contributed by atoms with Crippen LogP contribution >= 0.6 is 0 Å². The molecule has 0 saturated carbocycles. The van der Waals surface area contributed by atoms with Gasteiger partial charge in [-0.1, -0.05) is 30.3 Å². The summed E-state index contributed by atoms with van der Waals surface area (Å²) in [5.74, 6) is -2.50. The summed E-state index contributed by atoms with van der Waals surface area (Å²) >= 11 is 0. The first-order chi connectivity index (χ1) is 11.0. The highest BCUT2D eigenvalue weighted by Crippen LogP contribution is 2.15. The van der Waals surface area contributed by atoms with E-state index >= 15 is 0 Å². The first-order valence-electron chi connectivity index (χ1n) is 7.19. The van der Waals surface area contributed by atoms with E-state index in [9.17, 15) is 14.4 Å². The molecule has 6 nitrogen and oxygen atoms in total. The summed E-state index contributed by atoms with van der Waals surface area (Å²) in [5.41, 5.74) is 0.332. The third-order valence-corrected chi connectivity index (χ3v) is 3.29. The number of carboxylic acid groups (broad SMARTS) is 1. The summed E-state index contributed by atoms with van der Waals surface area (Å²) in [7, 11) is 0. The third-order valence-electron chi connectivity index (χ3n) is 3.29. The van der Waals surface area contributed by atoms with E-state index in [1.165, 1.54) is 0 Å². The van der Waals surface area contributed by atoms with Gasteiger partial charge >= 0.3 is 11.9 Å². The molecule has 1 atom stereocenters. The van der Waals surface area contributed by atoms with Gasteiger partial charge in [0.05, 0.1) is 13.0 Å². The molecule has 2 rings (SSSR count). The van der Waals surface area contributed by atoms with Crippen LogP contribution in [0, 0.1) is 0 Å². The molecule has 0 radical (unpaired) electrons. The predicted octanol–water partition coefficient (Wildman–Crippen LogP) is 1.98. The number of rotatable bonds is 6. The summed E-state index contributed by atoms with van der Waals surface area (Å²) in [6.45, 7) is 1.78. The summed E-state index contributed by atoms with van der Waals surface area (Å²) in [5, 5.41) is 13.3. The first-order valence-corrected chi connectivity index (χ1v) is 7.19. The molecule has 23 heavy (non-hydrogen) atoms. The molecule has 0 saturated heterocycles. The second-order valence-corrected chi connectivity index (χ2v) is 4.94. The van der Waals surface area contributed by atoms with Gasteiger partial charge in [-0.2, -0.15) is 0 Å². The Bertz CT molecular complexity index is 741. The van der Waals surface area contributed by atoms with Crippen molar-refractivity contribution in [3.8, 4) is 0 Å². The molecule has 0 aliphatic heterocycles. The van der Waals surface area contributed by atoms with E-state index in [0.717, 1.165) is 10.8 Å². The Kier molecular flexibility index (Phi) is 5.30. The molecule has 2 N–H and O–H groups in total. The molecule has 0 spiro atoms. The topological polar surface area (TPSA) is 92.7 Å². The Labute approximate surface area is 133 Å². The number of carbonyl (C=O) groups excluding carboxylic acids is 2. The fourth-order valence-electron chi connectivity index (χ4n) is 2.16. The zero-order valence-electron chi connectivity index (χ0n) is 12.6. The number of fused-ring (bicyclic) bond motifs is 1. The van der Waals surface area contributed by atoms with Crippen molar-refractivity contribution < 1.29 is 24.2 Å². The van der Waals surface area contributed by atoms with Gasteiger partial charge in [-0.25, -0.2) is 4.79 Å². The summed E-state index contributed by atoms with van der Waals surface area (Å²) in [6.07, 6.45) is -0.414. The van der Waals surface area contributed by atoms with Crippen LogP contribution in [-0.2, 0) is 14.3 Å². The lowest BCUT2D eigenvalue weighted by atomic mass is 10.1. The molecule has 2 aromatic rings. The molecule has 0 bridgehead atoms. The molecular weight excluding hydrogens is 298 g/mol. The monoisotopic (exact) mass is 315 g/mol. The van der Waals surface area contributed by atoms with Gasteiger partial charge in [0, 0.05) is 5.56 Å². The van der Waals surface area contributed by atoms with Crippen LogP contribution in [0.5, 0.6) is 0 Å². The van der Waals surface area contributed by atoms with Gasteiger partial charge in [-0.3, -0.25) is 9.59 Å². The molecular formula is C17H17NO5. The normalized spacial score (nSPS) is 11.7. The van der Waals surface area contributed by atoms with Gasteiger partial charge in [0.25, 0.3) is 5.91 Å². The van der Waals surface area contributed by atoms with E-state index < -0.39 is 30.3 Å². The molecule has 6 heteroatoms. The van der Waals surface area contributed by atoms with Crippen molar-refractivity contribution in [1.29, 1.82) is 0 Å². The van der Waals surface area contributed by atoms with E-state index in [1.54, 1.807) is 25.1 Å². The molecule has 120 valence electrons. The standard InChI is InChI=1S/C17H17NO5/c1-2-23-15(19)10-14(17(21)22)18-16(20)13-8-7-11-5-3-4-6-12(11)9-13/h3-9,14H,2,10H2,1H3,(H,18,20)(H,21,22)/t14-/m0/s1. The smallest absolute Gasteiger partial charge is 0.326 e. The fourth-order valence-corrected chi connectivity index (χ4v) is 2.16. The van der Waals surface area contributed by atoms with Crippen LogP contribution in [0.4, 0.5) is 0 Å². The Morgan fingerprint density at radius 3 is 2.48 bits per heavy atom. The van der Waals surface area contributed by atoms with E-state index in [-0.39, 0.29) is 6.61 Å². The minimum absolute atomic E-state index is 0.157. The highest BCUT2D eigenvalue weighted by Gasteiger charge is 2.24. The minimum atomic E-state index is -1.33. The number of amides is 1. The van der Waals surface area contributed by atoms with E-state index in [0.29, 0.717) is 5.56 Å². The average Bonchev–Trinajstić information content (AvgIpc) is 2.53. The molecule has 0 fully saturated rings. The lowest BCUT2D eigenvalue weighted by molar-refractivity contribution is -0.149. The summed E-state index contributed by atoms with van der Waals surface area (Å²) in [4.78, 5) is 34.8. The largest absolute Gasteiger partial charge is 0.480 e. The molecule has 0 unspecified atom stereocenters. The second kappa shape index (κ2) is 7.40. The lowest BCUT2D eigenvalue weighted by Gasteiger charge is -2.14. The van der Waals surface area contributed by atoms with Crippen LogP contribution in [0.1, 0.15) is 23.7 Å². The Hall–Kier alpha value is -2.89. The van der Waals surface area contributed by atoms with Crippen LogP contribution in [0.25, 0.3) is 10.8 Å². The van der Waals surface area contributed by atoms with Gasteiger partial charge in [0.2, 0.25) is 0 Å². The van der Waals surface area contributed by atoms with Crippen LogP contribution in [-0.4, -0.2) is 35.6 Å². The van der Waals surface area contributed by atoms with Gasteiger partial charge < -0.3 is 15.2 Å². The quantitative estimate of drug-likeness (QED) is 0.795. The minimum Gasteiger partial charge on any atom is -0.480 e. The van der Waals surface area contributed by atoms with Crippen molar-refractivity contribution in [2.75, 3.05) is 6.61 Å². The van der Waals surface area contributed by atoms with Gasteiger partial charge in [-0.15, -0.1) is 0 Å². The number of hydrogen-bond acceptors (Lipinski definition) is 4. The van der Waals surface area contributed by atoms with Crippen molar-refractivity contribution in [3.05, 3.63) is 48.0 Å². The Balaban J connectivity index is 2.13. The molecule has 0 aliphatic carbocycles. The van der Waals surface area contributed by atoms with Crippen LogP contribution in [0.2, 0.25) is 0 Å². The lowest BCUT2D eigenvalue weighted by Crippen LogP contribution is -2.42. The number of hydrogen-bond donors (Lipinski definition) is 2. The zero-order valence-corrected chi connectivity index (χ0v) is 12.6. The molecule has 0 aromatic heterocycles. The maximum absolute atomic E-state index is 12.2. The Morgan fingerprint density at radius 2 is 1.83 bits per heavy atom. The zero-order chi connectivity index (χ0) is 16.8. The van der Waals surface area contributed by atoms with Crippen molar-refractivity contribution >= 4 is 28.6 Å². The number of carbonyl (C=O) groups is 3. The molecule has 2 aromatic carbocycles. The number of nitrogens with one attached hydrogen (secondary N) is 1.